The first kappa shape index (κ1) is 24.5. The lowest BCUT2D eigenvalue weighted by molar-refractivity contribution is -0.137. The van der Waals surface area contributed by atoms with Crippen LogP contribution in [-0.4, -0.2) is 47.1 Å². The molecular weight excluding hydrogens is 457 g/mol. The molecule has 0 aliphatic rings. The summed E-state index contributed by atoms with van der Waals surface area (Å²) < 4.78 is 38.7. The number of nitrogens with zero attached hydrogens (tertiary/aromatic N) is 1. The quantitative estimate of drug-likeness (QED) is 0.592. The fourth-order valence-corrected chi connectivity index (χ4v) is 3.58. The van der Waals surface area contributed by atoms with Gasteiger partial charge in [0.2, 0.25) is 11.8 Å². The number of aromatic carboxylic acids is 1. The number of benzene rings is 2. The Morgan fingerprint density at radius 1 is 1.13 bits per heavy atom. The van der Waals surface area contributed by atoms with E-state index in [2.05, 4.69) is 5.32 Å². The summed E-state index contributed by atoms with van der Waals surface area (Å²) in [7, 11) is 1.41. The number of carbonyl (C=O) groups is 3. The van der Waals surface area contributed by atoms with Crippen LogP contribution in [0, 0.1) is 0 Å². The van der Waals surface area contributed by atoms with Crippen LogP contribution in [0.15, 0.2) is 42.5 Å². The smallest absolute Gasteiger partial charge is 0.417 e. The second kappa shape index (κ2) is 10.5. The lowest BCUT2D eigenvalue weighted by atomic mass is 10.1. The standard InChI is InChI=1S/C20H18ClF3N2O4S/c1-26(18(28)11-31-10-12-2-4-13(5-3-12)19(29)30)9-17(27)25-14-6-7-16(21)15(8-14)20(22,23)24/h2-8H,9-11H2,1H3,(H,25,27)(H,29,30). The van der Waals surface area contributed by atoms with Crippen LogP contribution in [0.25, 0.3) is 0 Å². The van der Waals surface area contributed by atoms with E-state index >= 15 is 0 Å². The molecular formula is C20H18ClF3N2O4S. The van der Waals surface area contributed by atoms with Gasteiger partial charge in [-0.3, -0.25) is 9.59 Å². The third-order valence-corrected chi connectivity index (χ3v) is 5.38. The summed E-state index contributed by atoms with van der Waals surface area (Å²) in [5.41, 5.74) is -0.143. The SMILES string of the molecule is CN(CC(=O)Nc1ccc(Cl)c(C(F)(F)F)c1)C(=O)CSCc1ccc(C(=O)O)cc1. The highest BCUT2D eigenvalue weighted by atomic mass is 35.5. The van der Waals surface area contributed by atoms with Gasteiger partial charge in [0.1, 0.15) is 0 Å². The Bertz CT molecular complexity index is 968. The van der Waals surface area contributed by atoms with Gasteiger partial charge >= 0.3 is 12.1 Å². The van der Waals surface area contributed by atoms with Crippen LogP contribution in [-0.2, 0) is 21.5 Å². The van der Waals surface area contributed by atoms with Crippen LogP contribution in [0.1, 0.15) is 21.5 Å². The molecule has 0 atom stereocenters. The number of halogens is 4. The van der Waals surface area contributed by atoms with Gasteiger partial charge in [-0.05, 0) is 35.9 Å². The molecule has 2 N–H and O–H groups in total. The molecule has 6 nitrogen and oxygen atoms in total. The molecule has 2 amide bonds. The molecule has 0 aromatic heterocycles. The number of nitrogens with one attached hydrogen (secondary N) is 1. The normalized spacial score (nSPS) is 11.1. The molecule has 2 rings (SSSR count). The van der Waals surface area contributed by atoms with E-state index in [1.54, 1.807) is 12.1 Å². The van der Waals surface area contributed by atoms with Crippen LogP contribution in [0.3, 0.4) is 0 Å². The third-order valence-electron chi connectivity index (χ3n) is 4.06. The molecule has 166 valence electrons. The van der Waals surface area contributed by atoms with Gasteiger partial charge in [0.15, 0.2) is 0 Å². The highest BCUT2D eigenvalue weighted by Crippen LogP contribution is 2.36. The first-order valence-corrected chi connectivity index (χ1v) is 10.3. The second-order valence-electron chi connectivity index (χ2n) is 6.49. The Kier molecular flexibility index (Phi) is 8.35. The number of carboxylic acid groups (broad SMARTS) is 1. The maximum atomic E-state index is 12.9. The number of rotatable bonds is 8. The molecule has 31 heavy (non-hydrogen) atoms. The van der Waals surface area contributed by atoms with Gasteiger partial charge < -0.3 is 15.3 Å². The molecule has 2 aromatic carbocycles. The molecule has 0 aliphatic heterocycles. The maximum absolute atomic E-state index is 12.9. The summed E-state index contributed by atoms with van der Waals surface area (Å²) in [4.78, 5) is 36.2. The summed E-state index contributed by atoms with van der Waals surface area (Å²) in [6.45, 7) is -0.337. The van der Waals surface area contributed by atoms with E-state index in [4.69, 9.17) is 16.7 Å². The molecule has 0 heterocycles. The largest absolute Gasteiger partial charge is 0.478 e. The fourth-order valence-electron chi connectivity index (χ4n) is 2.43. The van der Waals surface area contributed by atoms with E-state index in [-0.39, 0.29) is 29.5 Å². The van der Waals surface area contributed by atoms with Crippen molar-refractivity contribution in [2.75, 3.05) is 24.7 Å². The molecule has 0 unspecified atom stereocenters. The Labute approximate surface area is 185 Å². The zero-order chi connectivity index (χ0) is 23.2. The topological polar surface area (TPSA) is 86.7 Å². The van der Waals surface area contributed by atoms with Crippen LogP contribution in [0.2, 0.25) is 5.02 Å². The monoisotopic (exact) mass is 474 g/mol. The summed E-state index contributed by atoms with van der Waals surface area (Å²) >= 11 is 6.83. The van der Waals surface area contributed by atoms with Crippen molar-refractivity contribution in [3.05, 3.63) is 64.2 Å². The summed E-state index contributed by atoms with van der Waals surface area (Å²) in [5, 5.41) is 10.7. The number of amides is 2. The van der Waals surface area contributed by atoms with Crippen molar-refractivity contribution in [2.45, 2.75) is 11.9 Å². The molecule has 0 bridgehead atoms. The number of carboxylic acids is 1. The van der Waals surface area contributed by atoms with E-state index in [0.717, 1.165) is 22.6 Å². The molecule has 0 aliphatic carbocycles. The number of alkyl halides is 3. The zero-order valence-corrected chi connectivity index (χ0v) is 17.8. The number of likely N-dealkylation sites (N-methyl/N-ethyl adjacent to an activating group) is 1. The van der Waals surface area contributed by atoms with Crippen molar-refractivity contribution < 1.29 is 32.7 Å². The minimum absolute atomic E-state index is 0.0730. The van der Waals surface area contributed by atoms with E-state index < -0.39 is 28.6 Å². The average Bonchev–Trinajstić information content (AvgIpc) is 2.68. The van der Waals surface area contributed by atoms with Gasteiger partial charge in [-0.25, -0.2) is 4.79 Å². The second-order valence-corrected chi connectivity index (χ2v) is 7.88. The predicted molar refractivity (Wildman–Crippen MR) is 112 cm³/mol. The van der Waals surface area contributed by atoms with Crippen molar-refractivity contribution in [3.8, 4) is 0 Å². The van der Waals surface area contributed by atoms with Gasteiger partial charge in [0, 0.05) is 18.5 Å². The van der Waals surface area contributed by atoms with Gasteiger partial charge in [0.25, 0.3) is 0 Å². The predicted octanol–water partition coefficient (Wildman–Crippen LogP) is 4.39. The van der Waals surface area contributed by atoms with Crippen molar-refractivity contribution >= 4 is 46.8 Å². The Morgan fingerprint density at radius 2 is 1.77 bits per heavy atom. The van der Waals surface area contributed by atoms with Crippen molar-refractivity contribution in [1.29, 1.82) is 0 Å². The van der Waals surface area contributed by atoms with Crippen molar-refractivity contribution in [2.24, 2.45) is 0 Å². The van der Waals surface area contributed by atoms with Crippen molar-refractivity contribution in [3.63, 3.8) is 0 Å². The first-order valence-electron chi connectivity index (χ1n) is 8.78. The highest BCUT2D eigenvalue weighted by Gasteiger charge is 2.33. The Morgan fingerprint density at radius 3 is 2.35 bits per heavy atom. The van der Waals surface area contributed by atoms with E-state index in [1.807, 2.05) is 0 Å². The zero-order valence-electron chi connectivity index (χ0n) is 16.2. The molecule has 2 aromatic rings. The number of carbonyl (C=O) groups excluding carboxylic acids is 2. The number of hydrogen-bond acceptors (Lipinski definition) is 4. The van der Waals surface area contributed by atoms with Crippen LogP contribution < -0.4 is 5.32 Å². The van der Waals surface area contributed by atoms with Crippen LogP contribution in [0.5, 0.6) is 0 Å². The molecule has 0 saturated heterocycles. The van der Waals surface area contributed by atoms with Crippen molar-refractivity contribution in [1.82, 2.24) is 4.90 Å². The first-order chi connectivity index (χ1) is 14.5. The molecule has 0 saturated carbocycles. The van der Waals surface area contributed by atoms with E-state index in [1.165, 1.54) is 37.0 Å². The molecule has 11 heteroatoms. The molecule has 0 radical (unpaired) electrons. The minimum atomic E-state index is -4.66. The number of thioether (sulfide) groups is 1. The van der Waals surface area contributed by atoms with Gasteiger partial charge in [-0.15, -0.1) is 11.8 Å². The van der Waals surface area contributed by atoms with Crippen LogP contribution in [0.4, 0.5) is 18.9 Å². The van der Waals surface area contributed by atoms with Gasteiger partial charge in [-0.1, -0.05) is 23.7 Å². The maximum Gasteiger partial charge on any atom is 0.417 e. The summed E-state index contributed by atoms with van der Waals surface area (Å²) in [6.07, 6.45) is -4.66. The van der Waals surface area contributed by atoms with Crippen LogP contribution >= 0.6 is 23.4 Å². The van der Waals surface area contributed by atoms with E-state index in [9.17, 15) is 27.6 Å². The van der Waals surface area contributed by atoms with Gasteiger partial charge in [-0.2, -0.15) is 13.2 Å². The Hall–Kier alpha value is -2.72. The van der Waals surface area contributed by atoms with E-state index in [0.29, 0.717) is 5.75 Å². The van der Waals surface area contributed by atoms with Gasteiger partial charge in [0.05, 0.1) is 28.4 Å². The number of hydrogen-bond donors (Lipinski definition) is 2. The highest BCUT2D eigenvalue weighted by molar-refractivity contribution is 7.99. The minimum Gasteiger partial charge on any atom is -0.478 e. The summed E-state index contributed by atoms with van der Waals surface area (Å²) in [6, 6.07) is 9.25. The fraction of sp³-hybridized carbons (Fsp3) is 0.250. The lowest BCUT2D eigenvalue weighted by Crippen LogP contribution is -2.36. The summed E-state index contributed by atoms with van der Waals surface area (Å²) in [5.74, 6) is -1.47. The molecule has 0 fully saturated rings. The third kappa shape index (κ3) is 7.48. The Balaban J connectivity index is 1.83. The average molecular weight is 475 g/mol. The number of anilines is 1. The molecule has 0 spiro atoms. The lowest BCUT2D eigenvalue weighted by Gasteiger charge is -2.17.